The maximum absolute atomic E-state index is 7.18. The Balaban J connectivity index is 1.27. The highest BCUT2D eigenvalue weighted by Gasteiger charge is 2.25. The molecule has 0 saturated carbocycles. The van der Waals surface area contributed by atoms with Crippen molar-refractivity contribution in [1.82, 2.24) is 0 Å². The molecule has 0 amide bonds. The molecular weight excluding hydrogens is 599 g/mol. The van der Waals surface area contributed by atoms with Crippen LogP contribution in [-0.2, 0) is 0 Å². The number of hydrogen-bond donors (Lipinski definition) is 0. The Kier molecular flexibility index (Phi) is 6.18. The van der Waals surface area contributed by atoms with Crippen molar-refractivity contribution in [3.63, 3.8) is 0 Å². The summed E-state index contributed by atoms with van der Waals surface area (Å²) in [5.74, 6) is 0. The van der Waals surface area contributed by atoms with Gasteiger partial charge in [0, 0.05) is 38.5 Å². The summed E-state index contributed by atoms with van der Waals surface area (Å²) < 4.78 is 13.7. The Morgan fingerprint density at radius 3 is 1.86 bits per heavy atom. The lowest BCUT2D eigenvalue weighted by molar-refractivity contribution is 0.665. The zero-order valence-electron chi connectivity index (χ0n) is 26.5. The van der Waals surface area contributed by atoms with Crippen LogP contribution < -0.4 is 4.90 Å². The number of furan rings is 2. The van der Waals surface area contributed by atoms with Gasteiger partial charge in [0.05, 0.1) is 5.69 Å². The smallest absolute Gasteiger partial charge is 0.159 e. The molecule has 0 saturated heterocycles. The second-order valence-electron chi connectivity index (χ2n) is 12.5. The van der Waals surface area contributed by atoms with Crippen molar-refractivity contribution in [2.75, 3.05) is 4.90 Å². The summed E-state index contributed by atoms with van der Waals surface area (Å²) in [5, 5.41) is 6.57. The van der Waals surface area contributed by atoms with E-state index in [0.29, 0.717) is 0 Å². The summed E-state index contributed by atoms with van der Waals surface area (Å²) in [6, 6.07) is 61.7. The molecule has 3 nitrogen and oxygen atoms in total. The summed E-state index contributed by atoms with van der Waals surface area (Å²) in [6.07, 6.45) is 0. The second-order valence-corrected chi connectivity index (χ2v) is 12.5. The summed E-state index contributed by atoms with van der Waals surface area (Å²) in [7, 11) is 0. The van der Waals surface area contributed by atoms with Crippen LogP contribution in [0.15, 0.2) is 185 Å². The van der Waals surface area contributed by atoms with E-state index in [9.17, 15) is 0 Å². The van der Waals surface area contributed by atoms with Crippen LogP contribution in [0.1, 0.15) is 0 Å². The molecule has 0 aliphatic carbocycles. The van der Waals surface area contributed by atoms with E-state index < -0.39 is 0 Å². The summed E-state index contributed by atoms with van der Waals surface area (Å²) in [6.45, 7) is 0. The fourth-order valence-corrected chi connectivity index (χ4v) is 7.44. The third kappa shape index (κ3) is 4.37. The number of benzene rings is 8. The lowest BCUT2D eigenvalue weighted by atomic mass is 9.93. The number of hydrogen-bond acceptors (Lipinski definition) is 3. The molecule has 49 heavy (non-hydrogen) atoms. The van der Waals surface area contributed by atoms with Gasteiger partial charge in [0.2, 0.25) is 0 Å². The predicted octanol–water partition coefficient (Wildman–Crippen LogP) is 13.4. The van der Waals surface area contributed by atoms with E-state index in [1.165, 1.54) is 21.9 Å². The molecule has 0 bridgehead atoms. The molecule has 0 atom stereocenters. The number of rotatable bonds is 5. The minimum Gasteiger partial charge on any atom is -0.456 e. The van der Waals surface area contributed by atoms with Gasteiger partial charge in [-0.1, -0.05) is 133 Å². The predicted molar refractivity (Wildman–Crippen MR) is 204 cm³/mol. The first-order valence-electron chi connectivity index (χ1n) is 16.6. The van der Waals surface area contributed by atoms with Crippen LogP contribution >= 0.6 is 0 Å². The van der Waals surface area contributed by atoms with Crippen LogP contribution in [0.3, 0.4) is 0 Å². The molecule has 10 rings (SSSR count). The van der Waals surface area contributed by atoms with Gasteiger partial charge in [0.15, 0.2) is 5.58 Å². The molecule has 3 heteroatoms. The molecule has 8 aromatic carbocycles. The minimum absolute atomic E-state index is 0.826. The van der Waals surface area contributed by atoms with Crippen molar-refractivity contribution in [3.8, 4) is 22.3 Å². The Labute approximate surface area is 282 Å². The number of nitrogens with zero attached hydrogens (tertiary/aromatic N) is 1. The number of anilines is 3. The zero-order chi connectivity index (χ0) is 32.3. The van der Waals surface area contributed by atoms with Crippen LogP contribution in [0.2, 0.25) is 0 Å². The van der Waals surface area contributed by atoms with Gasteiger partial charge in [-0.05, 0) is 69.9 Å². The van der Waals surface area contributed by atoms with Crippen molar-refractivity contribution >= 4 is 71.7 Å². The van der Waals surface area contributed by atoms with E-state index in [4.69, 9.17) is 8.83 Å². The van der Waals surface area contributed by atoms with Crippen molar-refractivity contribution in [3.05, 3.63) is 176 Å². The molecule has 0 aliphatic rings. The number of para-hydroxylation sites is 3. The summed E-state index contributed by atoms with van der Waals surface area (Å²) in [5.41, 5.74) is 11.0. The molecular formula is C46H29NO2. The average molecular weight is 628 g/mol. The van der Waals surface area contributed by atoms with E-state index in [-0.39, 0.29) is 0 Å². The van der Waals surface area contributed by atoms with Crippen molar-refractivity contribution in [1.29, 1.82) is 0 Å². The van der Waals surface area contributed by atoms with Gasteiger partial charge in [-0.2, -0.15) is 0 Å². The van der Waals surface area contributed by atoms with E-state index in [1.807, 2.05) is 18.2 Å². The second kappa shape index (κ2) is 11.0. The largest absolute Gasteiger partial charge is 0.456 e. The standard InChI is InChI=1S/C46H29NO2/c1-3-13-30(14-4-1)31-25-27-34(28-26-31)47(33-17-5-2-6-18-33)40-23-12-22-37-39-29-42-43(38-20-9-10-24-41(38)48-42)44(46(39)49-45(37)40)36-21-11-16-32-15-7-8-19-35(32)36/h1-29H. The monoisotopic (exact) mass is 627 g/mol. The molecule has 2 heterocycles. The van der Waals surface area contributed by atoms with E-state index in [0.717, 1.165) is 72.1 Å². The lowest BCUT2D eigenvalue weighted by Crippen LogP contribution is -2.10. The third-order valence-corrected chi connectivity index (χ3v) is 9.66. The third-order valence-electron chi connectivity index (χ3n) is 9.66. The topological polar surface area (TPSA) is 29.5 Å². The van der Waals surface area contributed by atoms with Crippen LogP contribution in [0.4, 0.5) is 17.1 Å². The molecule has 0 spiro atoms. The molecule has 0 N–H and O–H groups in total. The highest BCUT2D eigenvalue weighted by Crippen LogP contribution is 2.49. The van der Waals surface area contributed by atoms with Gasteiger partial charge >= 0.3 is 0 Å². The lowest BCUT2D eigenvalue weighted by Gasteiger charge is -2.25. The Hall–Kier alpha value is -6.58. The molecule has 0 radical (unpaired) electrons. The maximum Gasteiger partial charge on any atom is 0.159 e. The normalized spacial score (nSPS) is 11.7. The minimum atomic E-state index is 0.826. The maximum atomic E-state index is 7.18. The Morgan fingerprint density at radius 1 is 0.388 bits per heavy atom. The van der Waals surface area contributed by atoms with Crippen LogP contribution in [0.5, 0.6) is 0 Å². The molecule has 2 aromatic heterocycles. The van der Waals surface area contributed by atoms with Crippen molar-refractivity contribution in [2.45, 2.75) is 0 Å². The Morgan fingerprint density at radius 2 is 1.02 bits per heavy atom. The van der Waals surface area contributed by atoms with E-state index in [2.05, 4.69) is 163 Å². The molecule has 0 unspecified atom stereocenters. The van der Waals surface area contributed by atoms with Gasteiger partial charge in [0.1, 0.15) is 16.7 Å². The first kappa shape index (κ1) is 27.5. The number of fused-ring (bicyclic) bond motifs is 7. The van der Waals surface area contributed by atoms with Crippen molar-refractivity contribution < 1.29 is 8.83 Å². The fraction of sp³-hybridized carbons (Fsp3) is 0. The fourth-order valence-electron chi connectivity index (χ4n) is 7.44. The quantitative estimate of drug-likeness (QED) is 0.190. The van der Waals surface area contributed by atoms with E-state index >= 15 is 0 Å². The van der Waals surface area contributed by atoms with Crippen LogP contribution in [-0.4, -0.2) is 0 Å². The highest BCUT2D eigenvalue weighted by atomic mass is 16.3. The van der Waals surface area contributed by atoms with Gasteiger partial charge in [0.25, 0.3) is 0 Å². The summed E-state index contributed by atoms with van der Waals surface area (Å²) >= 11 is 0. The average Bonchev–Trinajstić information content (AvgIpc) is 3.73. The van der Waals surface area contributed by atoms with Gasteiger partial charge in [-0.15, -0.1) is 0 Å². The van der Waals surface area contributed by atoms with E-state index in [1.54, 1.807) is 0 Å². The van der Waals surface area contributed by atoms with Crippen LogP contribution in [0.25, 0.3) is 76.9 Å². The molecule has 230 valence electrons. The first-order chi connectivity index (χ1) is 24.3. The summed E-state index contributed by atoms with van der Waals surface area (Å²) in [4.78, 5) is 2.29. The molecule has 10 aromatic rings. The zero-order valence-corrected chi connectivity index (χ0v) is 26.5. The Bertz CT molecular complexity index is 2810. The highest BCUT2D eigenvalue weighted by molar-refractivity contribution is 6.26. The van der Waals surface area contributed by atoms with Gasteiger partial charge in [-0.3, -0.25) is 0 Å². The van der Waals surface area contributed by atoms with Crippen LogP contribution in [0, 0.1) is 0 Å². The van der Waals surface area contributed by atoms with Gasteiger partial charge < -0.3 is 13.7 Å². The van der Waals surface area contributed by atoms with Crippen molar-refractivity contribution in [2.24, 2.45) is 0 Å². The molecule has 0 fully saturated rings. The van der Waals surface area contributed by atoms with Gasteiger partial charge in [-0.25, -0.2) is 0 Å². The first-order valence-corrected chi connectivity index (χ1v) is 16.6. The SMILES string of the molecule is c1ccc(-c2ccc(N(c3ccccc3)c3cccc4c3oc3c(-c5cccc6ccccc56)c5c(cc34)oc3ccccc35)cc2)cc1. The molecule has 0 aliphatic heterocycles.